The Morgan fingerprint density at radius 2 is 1.43 bits per heavy atom. The van der Waals surface area contributed by atoms with Crippen LogP contribution in [0.15, 0.2) is 66.7 Å². The molecule has 3 aromatic rings. The zero-order valence-electron chi connectivity index (χ0n) is 14.9. The first-order valence-electron chi connectivity index (χ1n) is 8.46. The van der Waals surface area contributed by atoms with Gasteiger partial charge in [-0.2, -0.15) is 0 Å². The fourth-order valence-electron chi connectivity index (χ4n) is 2.50. The Morgan fingerprint density at radius 1 is 0.893 bits per heavy atom. The minimum atomic E-state index is -1.30. The molecular formula is C21H18N2O5. The van der Waals surface area contributed by atoms with E-state index in [1.165, 1.54) is 6.07 Å². The van der Waals surface area contributed by atoms with Crippen LogP contribution < -0.4 is 15.2 Å². The van der Waals surface area contributed by atoms with Crippen LogP contribution in [0.2, 0.25) is 0 Å². The second-order valence-corrected chi connectivity index (χ2v) is 5.90. The van der Waals surface area contributed by atoms with Crippen LogP contribution in [-0.2, 0) is 13.2 Å². The van der Waals surface area contributed by atoms with Crippen molar-refractivity contribution in [3.05, 3.63) is 89.2 Å². The van der Waals surface area contributed by atoms with E-state index in [9.17, 15) is 14.7 Å². The maximum absolute atomic E-state index is 11.9. The van der Waals surface area contributed by atoms with Crippen molar-refractivity contribution in [2.75, 3.05) is 0 Å². The highest BCUT2D eigenvalue weighted by molar-refractivity contribution is 5.96. The number of primary amides is 1. The fraction of sp³-hybridized carbons (Fsp3) is 0.0952. The van der Waals surface area contributed by atoms with E-state index in [0.717, 1.165) is 11.1 Å². The molecule has 0 atom stereocenters. The largest absolute Gasteiger partial charge is 0.485 e. The number of carbonyl (C=O) groups is 2. The SMILES string of the molecule is NC(=O)c1nc(C(=O)O)cc(OCc2ccccc2)c1OCc1ccccc1. The lowest BCUT2D eigenvalue weighted by Gasteiger charge is -2.16. The predicted molar refractivity (Wildman–Crippen MR) is 101 cm³/mol. The summed E-state index contributed by atoms with van der Waals surface area (Å²) in [4.78, 5) is 27.1. The highest BCUT2D eigenvalue weighted by atomic mass is 16.5. The van der Waals surface area contributed by atoms with Crippen LogP contribution >= 0.6 is 0 Å². The first-order valence-corrected chi connectivity index (χ1v) is 8.46. The van der Waals surface area contributed by atoms with Gasteiger partial charge in [-0.1, -0.05) is 60.7 Å². The Bertz CT molecular complexity index is 975. The zero-order chi connectivity index (χ0) is 19.9. The minimum Gasteiger partial charge on any atom is -0.485 e. The third kappa shape index (κ3) is 4.64. The van der Waals surface area contributed by atoms with Gasteiger partial charge in [0.1, 0.15) is 13.2 Å². The van der Waals surface area contributed by atoms with Crippen molar-refractivity contribution >= 4 is 11.9 Å². The lowest BCUT2D eigenvalue weighted by atomic mass is 10.2. The van der Waals surface area contributed by atoms with Crippen molar-refractivity contribution in [1.29, 1.82) is 0 Å². The van der Waals surface area contributed by atoms with E-state index in [1.54, 1.807) is 0 Å². The van der Waals surface area contributed by atoms with Gasteiger partial charge in [-0.15, -0.1) is 0 Å². The molecule has 0 fully saturated rings. The molecule has 0 radical (unpaired) electrons. The fourth-order valence-corrected chi connectivity index (χ4v) is 2.50. The van der Waals surface area contributed by atoms with Crippen molar-refractivity contribution in [2.45, 2.75) is 13.2 Å². The van der Waals surface area contributed by atoms with Gasteiger partial charge in [-0.3, -0.25) is 4.79 Å². The third-order valence-electron chi connectivity index (χ3n) is 3.85. The highest BCUT2D eigenvalue weighted by Gasteiger charge is 2.22. The molecule has 3 N–H and O–H groups in total. The number of aromatic carboxylic acids is 1. The summed E-state index contributed by atoms with van der Waals surface area (Å²) >= 11 is 0. The molecular weight excluding hydrogens is 360 g/mol. The summed E-state index contributed by atoms with van der Waals surface area (Å²) in [5, 5.41) is 9.29. The normalized spacial score (nSPS) is 10.3. The van der Waals surface area contributed by atoms with Crippen LogP contribution in [-0.4, -0.2) is 22.0 Å². The molecule has 0 aliphatic heterocycles. The molecule has 142 valence electrons. The van der Waals surface area contributed by atoms with Crippen molar-refractivity contribution in [1.82, 2.24) is 4.98 Å². The van der Waals surface area contributed by atoms with Gasteiger partial charge in [0.05, 0.1) is 0 Å². The van der Waals surface area contributed by atoms with E-state index >= 15 is 0 Å². The molecule has 0 aliphatic carbocycles. The van der Waals surface area contributed by atoms with Crippen LogP contribution in [0.1, 0.15) is 32.1 Å². The highest BCUT2D eigenvalue weighted by Crippen LogP contribution is 2.32. The van der Waals surface area contributed by atoms with E-state index in [2.05, 4.69) is 4.98 Å². The van der Waals surface area contributed by atoms with Gasteiger partial charge in [0.2, 0.25) is 0 Å². The molecule has 1 amide bonds. The Hall–Kier alpha value is -3.87. The number of nitrogens with two attached hydrogens (primary N) is 1. The maximum atomic E-state index is 11.9. The first kappa shape index (κ1) is 18.9. The molecule has 0 unspecified atom stereocenters. The molecule has 7 nitrogen and oxygen atoms in total. The third-order valence-corrected chi connectivity index (χ3v) is 3.85. The Kier molecular flexibility index (Phi) is 5.86. The number of amides is 1. The predicted octanol–water partition coefficient (Wildman–Crippen LogP) is 3.04. The number of rotatable bonds is 8. The van der Waals surface area contributed by atoms with E-state index < -0.39 is 11.9 Å². The second-order valence-electron chi connectivity index (χ2n) is 5.90. The number of benzene rings is 2. The van der Waals surface area contributed by atoms with Gasteiger partial charge in [0, 0.05) is 6.07 Å². The molecule has 7 heteroatoms. The standard InChI is InChI=1S/C21H18N2O5/c22-20(24)18-19(28-13-15-9-5-2-6-10-15)17(11-16(23-18)21(25)26)27-12-14-7-3-1-4-8-14/h1-11H,12-13H2,(H2,22,24)(H,25,26). The number of carboxylic acid groups (broad SMARTS) is 1. The van der Waals surface area contributed by atoms with Crippen molar-refractivity contribution < 1.29 is 24.2 Å². The van der Waals surface area contributed by atoms with Crippen LogP contribution in [0, 0.1) is 0 Å². The van der Waals surface area contributed by atoms with E-state index in [0.29, 0.717) is 0 Å². The summed E-state index contributed by atoms with van der Waals surface area (Å²) in [5.41, 5.74) is 6.47. The number of pyridine rings is 1. The molecule has 2 aromatic carbocycles. The molecule has 0 spiro atoms. The summed E-state index contributed by atoms with van der Waals surface area (Å²) in [6.45, 7) is 0.292. The van der Waals surface area contributed by atoms with E-state index in [-0.39, 0.29) is 36.1 Å². The van der Waals surface area contributed by atoms with Crippen LogP contribution in [0.4, 0.5) is 0 Å². The van der Waals surface area contributed by atoms with E-state index in [1.807, 2.05) is 60.7 Å². The quantitative estimate of drug-likeness (QED) is 0.623. The lowest BCUT2D eigenvalue weighted by Crippen LogP contribution is -2.18. The summed E-state index contributed by atoms with van der Waals surface area (Å²) in [6, 6.07) is 19.8. The first-order chi connectivity index (χ1) is 13.5. The number of ether oxygens (including phenoxy) is 2. The molecule has 0 saturated carbocycles. The second kappa shape index (κ2) is 8.68. The number of nitrogens with zero attached hydrogens (tertiary/aromatic N) is 1. The lowest BCUT2D eigenvalue weighted by molar-refractivity contribution is 0.0689. The Balaban J connectivity index is 1.95. The van der Waals surface area contributed by atoms with Gasteiger partial charge >= 0.3 is 5.97 Å². The van der Waals surface area contributed by atoms with Gasteiger partial charge < -0.3 is 20.3 Å². The minimum absolute atomic E-state index is 0.0114. The van der Waals surface area contributed by atoms with Crippen LogP contribution in [0.25, 0.3) is 0 Å². The van der Waals surface area contributed by atoms with Gasteiger partial charge in [0.15, 0.2) is 22.9 Å². The number of carbonyl (C=O) groups excluding carboxylic acids is 1. The molecule has 1 aromatic heterocycles. The topological polar surface area (TPSA) is 112 Å². The molecule has 0 aliphatic rings. The zero-order valence-corrected chi connectivity index (χ0v) is 14.9. The summed E-state index contributed by atoms with van der Waals surface area (Å²) in [5.74, 6) is -2.12. The average Bonchev–Trinajstić information content (AvgIpc) is 2.71. The Labute approximate surface area is 161 Å². The molecule has 3 rings (SSSR count). The van der Waals surface area contributed by atoms with Crippen molar-refractivity contribution in [3.63, 3.8) is 0 Å². The molecule has 28 heavy (non-hydrogen) atoms. The summed E-state index contributed by atoms with van der Waals surface area (Å²) in [6.07, 6.45) is 0. The number of carboxylic acids is 1. The summed E-state index contributed by atoms with van der Waals surface area (Å²) < 4.78 is 11.5. The smallest absolute Gasteiger partial charge is 0.354 e. The Morgan fingerprint density at radius 3 is 1.93 bits per heavy atom. The molecule has 1 heterocycles. The maximum Gasteiger partial charge on any atom is 0.354 e. The van der Waals surface area contributed by atoms with Gasteiger partial charge in [0.25, 0.3) is 5.91 Å². The average molecular weight is 378 g/mol. The number of aromatic nitrogens is 1. The van der Waals surface area contributed by atoms with Crippen molar-refractivity contribution in [2.24, 2.45) is 5.73 Å². The number of hydrogen-bond acceptors (Lipinski definition) is 5. The van der Waals surface area contributed by atoms with Crippen molar-refractivity contribution in [3.8, 4) is 11.5 Å². The van der Waals surface area contributed by atoms with E-state index in [4.69, 9.17) is 15.2 Å². The molecule has 0 saturated heterocycles. The van der Waals surface area contributed by atoms with Gasteiger partial charge in [-0.05, 0) is 11.1 Å². The monoisotopic (exact) mass is 378 g/mol. The van der Waals surface area contributed by atoms with Gasteiger partial charge in [-0.25, -0.2) is 9.78 Å². The summed E-state index contributed by atoms with van der Waals surface area (Å²) in [7, 11) is 0. The van der Waals surface area contributed by atoms with Crippen LogP contribution in [0.5, 0.6) is 11.5 Å². The number of hydrogen-bond donors (Lipinski definition) is 2. The molecule has 0 bridgehead atoms. The van der Waals surface area contributed by atoms with Crippen LogP contribution in [0.3, 0.4) is 0 Å².